The fourth-order valence-corrected chi connectivity index (χ4v) is 2.98. The Morgan fingerprint density at radius 3 is 2.25 bits per heavy atom. The number of H-pyrrole nitrogens is 1. The number of hydrogen-bond donors (Lipinski definition) is 9. The number of carbonyl (C=O) groups is 5. The van der Waals surface area contributed by atoms with E-state index < -0.39 is 53.8 Å². The maximum atomic E-state index is 12.8. The zero-order chi connectivity index (χ0) is 27.3. The Hall–Kier alpha value is -4.21. The van der Waals surface area contributed by atoms with Gasteiger partial charge in [-0.25, -0.2) is 9.78 Å². The lowest BCUT2D eigenvalue weighted by Gasteiger charge is -2.23. The molecule has 16 heteroatoms. The average molecular weight is 511 g/mol. The monoisotopic (exact) mass is 510 g/mol. The zero-order valence-corrected chi connectivity index (χ0v) is 19.9. The molecule has 13 N–H and O–H groups in total. The van der Waals surface area contributed by atoms with E-state index in [9.17, 15) is 29.1 Å². The van der Waals surface area contributed by atoms with Crippen LogP contribution in [-0.4, -0.2) is 81.3 Å². The minimum Gasteiger partial charge on any atom is -0.480 e. The number of hydrogen-bond acceptors (Lipinski definition) is 8. The molecule has 1 rings (SSSR count). The molecule has 4 unspecified atom stereocenters. The molecule has 4 amide bonds. The van der Waals surface area contributed by atoms with Crippen molar-refractivity contribution in [2.75, 3.05) is 6.54 Å². The van der Waals surface area contributed by atoms with Crippen molar-refractivity contribution in [3.63, 3.8) is 0 Å². The van der Waals surface area contributed by atoms with Crippen LogP contribution in [0.1, 0.15) is 38.3 Å². The van der Waals surface area contributed by atoms with Crippen molar-refractivity contribution in [2.24, 2.45) is 27.9 Å². The molecule has 1 heterocycles. The standard InChI is InChI=1S/C20H34N10O6/c1-10(28-17(33)12(21)3-2-6-26-20(23)24)16(32)29-13(4-5-15(22)31)18(34)30-14(19(35)36)7-11-8-25-9-27-11/h8-10,12-14H,2-7,21H2,1H3,(H2,22,31)(H,25,27)(H,28,33)(H,29,32)(H,30,34)(H,35,36)(H4,23,24,26). The van der Waals surface area contributed by atoms with Gasteiger partial charge in [-0.05, 0) is 26.2 Å². The van der Waals surface area contributed by atoms with E-state index in [1.165, 1.54) is 19.4 Å². The number of nitrogens with zero attached hydrogens (tertiary/aromatic N) is 2. The van der Waals surface area contributed by atoms with E-state index in [1.54, 1.807) is 0 Å². The van der Waals surface area contributed by atoms with Crippen molar-refractivity contribution in [1.29, 1.82) is 0 Å². The zero-order valence-electron chi connectivity index (χ0n) is 19.9. The molecule has 0 aliphatic carbocycles. The Morgan fingerprint density at radius 1 is 1.03 bits per heavy atom. The van der Waals surface area contributed by atoms with Crippen molar-refractivity contribution in [3.05, 3.63) is 18.2 Å². The van der Waals surface area contributed by atoms with Gasteiger partial charge >= 0.3 is 5.97 Å². The normalized spacial score (nSPS) is 13.9. The Labute approximate surface area is 207 Å². The van der Waals surface area contributed by atoms with Crippen LogP contribution in [0.15, 0.2) is 17.5 Å². The quantitative estimate of drug-likeness (QED) is 0.0592. The van der Waals surface area contributed by atoms with E-state index in [2.05, 4.69) is 30.9 Å². The Morgan fingerprint density at radius 2 is 1.69 bits per heavy atom. The van der Waals surface area contributed by atoms with E-state index >= 15 is 0 Å². The van der Waals surface area contributed by atoms with Gasteiger partial charge in [-0.1, -0.05) is 0 Å². The van der Waals surface area contributed by atoms with Crippen molar-refractivity contribution in [1.82, 2.24) is 25.9 Å². The van der Waals surface area contributed by atoms with Gasteiger partial charge in [0.05, 0.1) is 12.4 Å². The first-order chi connectivity index (χ1) is 16.9. The number of carboxylic acids is 1. The number of aromatic amines is 1. The summed E-state index contributed by atoms with van der Waals surface area (Å²) in [4.78, 5) is 70.8. The number of amides is 4. The van der Waals surface area contributed by atoms with Gasteiger partial charge < -0.3 is 49.0 Å². The number of nitrogens with one attached hydrogen (secondary N) is 4. The highest BCUT2D eigenvalue weighted by Crippen LogP contribution is 2.04. The summed E-state index contributed by atoms with van der Waals surface area (Å²) in [5, 5.41) is 16.6. The number of carbonyl (C=O) groups excluding carboxylic acids is 4. The molecule has 0 bridgehead atoms. The number of aliphatic imine (C=N–C) groups is 1. The predicted octanol–water partition coefficient (Wildman–Crippen LogP) is -3.84. The first-order valence-electron chi connectivity index (χ1n) is 11.1. The molecule has 0 radical (unpaired) electrons. The fraction of sp³-hybridized carbons (Fsp3) is 0.550. The van der Waals surface area contributed by atoms with E-state index in [0.29, 0.717) is 12.1 Å². The number of primary amides is 1. The summed E-state index contributed by atoms with van der Waals surface area (Å²) < 4.78 is 0. The molecule has 0 spiro atoms. The van der Waals surface area contributed by atoms with Crippen LogP contribution in [0, 0.1) is 0 Å². The number of aromatic nitrogens is 2. The number of rotatable bonds is 16. The highest BCUT2D eigenvalue weighted by molar-refractivity contribution is 5.94. The van der Waals surface area contributed by atoms with Crippen molar-refractivity contribution in [3.8, 4) is 0 Å². The summed E-state index contributed by atoms with van der Waals surface area (Å²) in [5.74, 6) is -4.31. The van der Waals surface area contributed by atoms with Crippen molar-refractivity contribution >= 4 is 35.6 Å². The summed E-state index contributed by atoms with van der Waals surface area (Å²) in [7, 11) is 0. The highest BCUT2D eigenvalue weighted by atomic mass is 16.4. The van der Waals surface area contributed by atoms with Gasteiger partial charge in [0.25, 0.3) is 0 Å². The molecule has 0 saturated heterocycles. The third kappa shape index (κ3) is 11.3. The van der Waals surface area contributed by atoms with Crippen LogP contribution in [0.2, 0.25) is 0 Å². The molecule has 0 aliphatic rings. The Bertz CT molecular complexity index is 931. The fourth-order valence-electron chi connectivity index (χ4n) is 2.98. The van der Waals surface area contributed by atoms with Gasteiger partial charge in [-0.15, -0.1) is 0 Å². The van der Waals surface area contributed by atoms with Crippen LogP contribution in [0.5, 0.6) is 0 Å². The smallest absolute Gasteiger partial charge is 0.326 e. The Balaban J connectivity index is 2.75. The van der Waals surface area contributed by atoms with Crippen molar-refractivity contribution in [2.45, 2.75) is 63.2 Å². The number of guanidine groups is 1. The van der Waals surface area contributed by atoms with Crippen molar-refractivity contribution < 1.29 is 29.1 Å². The molecular weight excluding hydrogens is 476 g/mol. The van der Waals surface area contributed by atoms with Gasteiger partial charge in [-0.2, -0.15) is 0 Å². The van der Waals surface area contributed by atoms with Gasteiger partial charge in [0.1, 0.15) is 18.1 Å². The molecule has 16 nitrogen and oxygen atoms in total. The van der Waals surface area contributed by atoms with Gasteiger partial charge in [0, 0.05) is 31.3 Å². The SMILES string of the molecule is CC(NC(=O)C(N)CCCN=C(N)N)C(=O)NC(CCC(N)=O)C(=O)NC(Cc1cnc[nH]1)C(=O)O. The second-order valence-corrected chi connectivity index (χ2v) is 8.03. The highest BCUT2D eigenvalue weighted by Gasteiger charge is 2.29. The number of nitrogens with two attached hydrogens (primary N) is 4. The van der Waals surface area contributed by atoms with Crippen LogP contribution in [0.4, 0.5) is 0 Å². The number of imidazole rings is 1. The maximum absolute atomic E-state index is 12.8. The lowest BCUT2D eigenvalue weighted by molar-refractivity contribution is -0.142. The lowest BCUT2D eigenvalue weighted by atomic mass is 10.1. The molecular formula is C20H34N10O6. The lowest BCUT2D eigenvalue weighted by Crippen LogP contribution is -2.56. The van der Waals surface area contributed by atoms with E-state index in [0.717, 1.165) is 0 Å². The van der Waals surface area contributed by atoms with E-state index in [-0.39, 0.29) is 38.2 Å². The van der Waals surface area contributed by atoms with E-state index in [4.69, 9.17) is 22.9 Å². The first kappa shape index (κ1) is 29.8. The summed E-state index contributed by atoms with van der Waals surface area (Å²) in [6.07, 6.45) is 2.93. The van der Waals surface area contributed by atoms with Gasteiger partial charge in [0.2, 0.25) is 23.6 Å². The minimum absolute atomic E-state index is 0.0794. The molecule has 0 fully saturated rings. The number of aliphatic carboxylic acids is 1. The minimum atomic E-state index is -1.33. The topological polar surface area (TPSA) is 287 Å². The molecule has 36 heavy (non-hydrogen) atoms. The summed E-state index contributed by atoms with van der Waals surface area (Å²) in [5.41, 5.74) is 21.9. The summed E-state index contributed by atoms with van der Waals surface area (Å²) in [6.45, 7) is 1.66. The van der Waals surface area contributed by atoms with Crippen LogP contribution >= 0.6 is 0 Å². The number of carboxylic acid groups (broad SMARTS) is 1. The molecule has 0 saturated carbocycles. The second-order valence-electron chi connectivity index (χ2n) is 8.03. The third-order valence-corrected chi connectivity index (χ3v) is 4.96. The summed E-state index contributed by atoms with van der Waals surface area (Å²) >= 11 is 0. The van der Waals surface area contributed by atoms with Crippen LogP contribution in [0.3, 0.4) is 0 Å². The third-order valence-electron chi connectivity index (χ3n) is 4.96. The molecule has 0 aliphatic heterocycles. The van der Waals surface area contributed by atoms with Crippen LogP contribution < -0.4 is 38.9 Å². The van der Waals surface area contributed by atoms with E-state index in [1.807, 2.05) is 0 Å². The largest absolute Gasteiger partial charge is 0.480 e. The maximum Gasteiger partial charge on any atom is 0.326 e. The predicted molar refractivity (Wildman–Crippen MR) is 128 cm³/mol. The van der Waals surface area contributed by atoms with Gasteiger partial charge in [0.15, 0.2) is 5.96 Å². The second kappa shape index (κ2) is 14.9. The molecule has 1 aromatic heterocycles. The molecule has 200 valence electrons. The molecule has 0 aromatic carbocycles. The Kier molecular flexibility index (Phi) is 12.4. The molecule has 4 atom stereocenters. The van der Waals surface area contributed by atoms with Gasteiger partial charge in [-0.3, -0.25) is 24.2 Å². The van der Waals surface area contributed by atoms with Crippen LogP contribution in [0.25, 0.3) is 0 Å². The average Bonchev–Trinajstić information content (AvgIpc) is 3.31. The first-order valence-corrected chi connectivity index (χ1v) is 11.1. The van der Waals surface area contributed by atoms with Crippen LogP contribution in [-0.2, 0) is 30.4 Å². The summed E-state index contributed by atoms with van der Waals surface area (Å²) in [6, 6.07) is -4.64. The molecule has 1 aromatic rings.